The molecular weight excluding hydrogens is 258 g/mol. The van der Waals surface area contributed by atoms with Gasteiger partial charge in [0, 0.05) is 6.04 Å². The molecule has 2 heteroatoms. The number of nitrogens with one attached hydrogen (secondary N) is 1. The highest BCUT2D eigenvalue weighted by Gasteiger charge is 2.04. The van der Waals surface area contributed by atoms with Gasteiger partial charge in [0.1, 0.15) is 5.75 Å². The fourth-order valence-corrected chi connectivity index (χ4v) is 2.35. The molecule has 0 saturated carbocycles. The summed E-state index contributed by atoms with van der Waals surface area (Å²) in [7, 11) is 0. The number of benzene rings is 2. The third-order valence-corrected chi connectivity index (χ3v) is 3.61. The summed E-state index contributed by atoms with van der Waals surface area (Å²) in [4.78, 5) is 0. The highest BCUT2D eigenvalue weighted by Crippen LogP contribution is 2.24. The van der Waals surface area contributed by atoms with Crippen molar-refractivity contribution in [2.75, 3.05) is 13.2 Å². The Morgan fingerprint density at radius 2 is 1.48 bits per heavy atom. The van der Waals surface area contributed by atoms with Crippen LogP contribution in [-0.4, -0.2) is 13.2 Å². The first kappa shape index (κ1) is 15.6. The highest BCUT2D eigenvalue weighted by molar-refractivity contribution is 5.64. The Kier molecular flexibility index (Phi) is 5.82. The van der Waals surface area contributed by atoms with Gasteiger partial charge in [0.2, 0.25) is 0 Å². The molecule has 112 valence electrons. The summed E-state index contributed by atoms with van der Waals surface area (Å²) in [6.07, 6.45) is 1.16. The summed E-state index contributed by atoms with van der Waals surface area (Å²) in [6, 6.07) is 17.5. The second-order valence-corrected chi connectivity index (χ2v) is 5.26. The lowest BCUT2D eigenvalue weighted by molar-refractivity contribution is 0.340. The molecule has 0 saturated heterocycles. The minimum absolute atomic E-state index is 0.402. The smallest absolute Gasteiger partial charge is 0.119 e. The fraction of sp³-hybridized carbons (Fsp3) is 0.368. The van der Waals surface area contributed by atoms with E-state index in [1.165, 1.54) is 16.7 Å². The summed E-state index contributed by atoms with van der Waals surface area (Å²) in [5.41, 5.74) is 3.79. The zero-order valence-electron chi connectivity index (χ0n) is 13.2. The summed E-state index contributed by atoms with van der Waals surface area (Å²) in [6.45, 7) is 8.16. The normalized spacial score (nSPS) is 12.1. The molecule has 0 aliphatic carbocycles. The fourth-order valence-electron chi connectivity index (χ4n) is 2.35. The van der Waals surface area contributed by atoms with Gasteiger partial charge in [0.05, 0.1) is 6.61 Å². The zero-order chi connectivity index (χ0) is 15.1. The van der Waals surface area contributed by atoms with Crippen molar-refractivity contribution >= 4 is 0 Å². The van der Waals surface area contributed by atoms with E-state index in [0.29, 0.717) is 12.6 Å². The van der Waals surface area contributed by atoms with Crippen molar-refractivity contribution in [3.63, 3.8) is 0 Å². The van der Waals surface area contributed by atoms with Crippen LogP contribution in [0, 0.1) is 0 Å². The summed E-state index contributed by atoms with van der Waals surface area (Å²) in [5, 5.41) is 3.51. The molecule has 0 bridgehead atoms. The maximum absolute atomic E-state index is 5.48. The molecule has 0 spiro atoms. The van der Waals surface area contributed by atoms with Crippen molar-refractivity contribution < 1.29 is 4.74 Å². The Morgan fingerprint density at radius 3 is 2.00 bits per heavy atom. The van der Waals surface area contributed by atoms with E-state index in [2.05, 4.69) is 55.6 Å². The van der Waals surface area contributed by atoms with Crippen LogP contribution in [0.1, 0.15) is 38.8 Å². The Morgan fingerprint density at radius 1 is 0.905 bits per heavy atom. The molecule has 0 radical (unpaired) electrons. The quantitative estimate of drug-likeness (QED) is 0.787. The van der Waals surface area contributed by atoms with Gasteiger partial charge in [-0.05, 0) is 55.6 Å². The molecule has 2 rings (SSSR count). The predicted octanol–water partition coefficient (Wildman–Crippen LogP) is 4.81. The van der Waals surface area contributed by atoms with Gasteiger partial charge in [-0.1, -0.05) is 43.3 Å². The van der Waals surface area contributed by atoms with Gasteiger partial charge in [-0.2, -0.15) is 0 Å². The van der Waals surface area contributed by atoms with Crippen molar-refractivity contribution in [1.29, 1.82) is 0 Å². The Balaban J connectivity index is 2.07. The van der Waals surface area contributed by atoms with Gasteiger partial charge in [0.25, 0.3) is 0 Å². The summed E-state index contributed by atoms with van der Waals surface area (Å²) in [5.74, 6) is 0.926. The average molecular weight is 283 g/mol. The molecule has 0 aliphatic heterocycles. The summed E-state index contributed by atoms with van der Waals surface area (Å²) >= 11 is 0. The van der Waals surface area contributed by atoms with Gasteiger partial charge < -0.3 is 10.1 Å². The van der Waals surface area contributed by atoms with Gasteiger partial charge in [-0.15, -0.1) is 0 Å². The number of hydrogen-bond acceptors (Lipinski definition) is 2. The maximum Gasteiger partial charge on any atom is 0.119 e. The van der Waals surface area contributed by atoms with Crippen LogP contribution in [0.5, 0.6) is 5.75 Å². The zero-order valence-corrected chi connectivity index (χ0v) is 13.2. The standard InChI is InChI=1S/C19H25NO/c1-4-14-20-15(3)16-6-8-17(9-7-16)18-10-12-19(13-11-18)21-5-2/h6-13,15,20H,4-5,14H2,1-3H3. The number of ether oxygens (including phenoxy) is 1. The minimum atomic E-state index is 0.402. The molecule has 0 aromatic heterocycles. The Hall–Kier alpha value is -1.80. The average Bonchev–Trinajstić information content (AvgIpc) is 2.54. The van der Waals surface area contributed by atoms with Crippen molar-refractivity contribution in [2.45, 2.75) is 33.2 Å². The van der Waals surface area contributed by atoms with Crippen LogP contribution in [0.25, 0.3) is 11.1 Å². The van der Waals surface area contributed by atoms with Crippen LogP contribution in [0.2, 0.25) is 0 Å². The molecule has 1 atom stereocenters. The maximum atomic E-state index is 5.48. The monoisotopic (exact) mass is 283 g/mol. The van der Waals surface area contributed by atoms with Crippen molar-refractivity contribution in [2.24, 2.45) is 0 Å². The Labute approximate surface area is 128 Å². The first-order chi connectivity index (χ1) is 10.2. The number of rotatable bonds is 7. The molecule has 0 amide bonds. The van der Waals surface area contributed by atoms with Crippen LogP contribution >= 0.6 is 0 Å². The third-order valence-electron chi connectivity index (χ3n) is 3.61. The van der Waals surface area contributed by atoms with Gasteiger partial charge in [-0.3, -0.25) is 0 Å². The molecule has 2 nitrogen and oxygen atoms in total. The molecule has 2 aromatic rings. The molecule has 21 heavy (non-hydrogen) atoms. The lowest BCUT2D eigenvalue weighted by Crippen LogP contribution is -2.19. The van der Waals surface area contributed by atoms with E-state index in [4.69, 9.17) is 4.74 Å². The molecule has 0 heterocycles. The highest BCUT2D eigenvalue weighted by atomic mass is 16.5. The van der Waals surface area contributed by atoms with Crippen molar-refractivity contribution in [3.8, 4) is 16.9 Å². The second kappa shape index (κ2) is 7.84. The molecule has 2 aromatic carbocycles. The van der Waals surface area contributed by atoms with Gasteiger partial charge in [0.15, 0.2) is 0 Å². The third kappa shape index (κ3) is 4.33. The minimum Gasteiger partial charge on any atom is -0.494 e. The van der Waals surface area contributed by atoms with E-state index >= 15 is 0 Å². The van der Waals surface area contributed by atoms with E-state index in [9.17, 15) is 0 Å². The second-order valence-electron chi connectivity index (χ2n) is 5.26. The van der Waals surface area contributed by atoms with E-state index in [1.54, 1.807) is 0 Å². The molecule has 0 fully saturated rings. The Bertz CT molecular complexity index is 530. The lowest BCUT2D eigenvalue weighted by Gasteiger charge is -2.14. The lowest BCUT2D eigenvalue weighted by atomic mass is 10.0. The van der Waals surface area contributed by atoms with Crippen molar-refractivity contribution in [3.05, 3.63) is 54.1 Å². The van der Waals surface area contributed by atoms with Crippen LogP contribution in [0.4, 0.5) is 0 Å². The van der Waals surface area contributed by atoms with Crippen LogP contribution in [0.3, 0.4) is 0 Å². The van der Waals surface area contributed by atoms with Crippen LogP contribution < -0.4 is 10.1 Å². The predicted molar refractivity (Wildman–Crippen MR) is 89.8 cm³/mol. The van der Waals surface area contributed by atoms with E-state index in [1.807, 2.05) is 19.1 Å². The topological polar surface area (TPSA) is 21.3 Å². The SMILES string of the molecule is CCCNC(C)c1ccc(-c2ccc(OCC)cc2)cc1. The van der Waals surface area contributed by atoms with Gasteiger partial charge in [-0.25, -0.2) is 0 Å². The molecule has 1 unspecified atom stereocenters. The van der Waals surface area contributed by atoms with E-state index in [0.717, 1.165) is 18.7 Å². The van der Waals surface area contributed by atoms with Crippen LogP contribution in [-0.2, 0) is 0 Å². The molecule has 1 N–H and O–H groups in total. The van der Waals surface area contributed by atoms with E-state index in [-0.39, 0.29) is 0 Å². The van der Waals surface area contributed by atoms with Crippen molar-refractivity contribution in [1.82, 2.24) is 5.32 Å². The summed E-state index contributed by atoms with van der Waals surface area (Å²) < 4.78 is 5.48. The molecular formula is C19H25NO. The van der Waals surface area contributed by atoms with Crippen LogP contribution in [0.15, 0.2) is 48.5 Å². The first-order valence-electron chi connectivity index (χ1n) is 7.81. The largest absolute Gasteiger partial charge is 0.494 e. The van der Waals surface area contributed by atoms with E-state index < -0.39 is 0 Å². The molecule has 0 aliphatic rings. The van der Waals surface area contributed by atoms with Gasteiger partial charge >= 0.3 is 0 Å². The first-order valence-corrected chi connectivity index (χ1v) is 7.81. The number of hydrogen-bond donors (Lipinski definition) is 1.